The molecule has 0 aliphatic heterocycles. The summed E-state index contributed by atoms with van der Waals surface area (Å²) >= 11 is 11.0. The predicted molar refractivity (Wildman–Crippen MR) is 77.3 cm³/mol. The summed E-state index contributed by atoms with van der Waals surface area (Å²) in [5.41, 5.74) is -0.910. The van der Waals surface area contributed by atoms with Crippen molar-refractivity contribution in [2.24, 2.45) is 0 Å². The standard InChI is InChI=1S/C13H14Cl2F3N3O2/c14-8(22)2-1-5-19-9(23)6-21-11(7-3-4-7)10(15)12(20-21)13(16,17)18/h7H,1-6H2,(H,19,23). The quantitative estimate of drug-likeness (QED) is 0.591. The van der Waals surface area contributed by atoms with Gasteiger partial charge in [-0.05, 0) is 30.9 Å². The van der Waals surface area contributed by atoms with Crippen LogP contribution in [0.5, 0.6) is 0 Å². The third-order valence-electron chi connectivity index (χ3n) is 3.33. The lowest BCUT2D eigenvalue weighted by atomic mass is 10.2. The lowest BCUT2D eigenvalue weighted by Crippen LogP contribution is -2.29. The molecule has 1 fully saturated rings. The topological polar surface area (TPSA) is 64.0 Å². The van der Waals surface area contributed by atoms with Gasteiger partial charge >= 0.3 is 6.18 Å². The van der Waals surface area contributed by atoms with Gasteiger partial charge in [0.05, 0.1) is 10.7 Å². The number of carbonyl (C=O) groups is 2. The summed E-state index contributed by atoms with van der Waals surface area (Å²) in [4.78, 5) is 22.4. The summed E-state index contributed by atoms with van der Waals surface area (Å²) in [6.07, 6.45) is -2.74. The van der Waals surface area contributed by atoms with E-state index < -0.39 is 28.0 Å². The van der Waals surface area contributed by atoms with Crippen LogP contribution in [0.4, 0.5) is 13.2 Å². The fourth-order valence-electron chi connectivity index (χ4n) is 2.15. The lowest BCUT2D eigenvalue weighted by molar-refractivity contribution is -0.141. The molecule has 0 bridgehead atoms. The maximum absolute atomic E-state index is 12.9. The Labute approximate surface area is 140 Å². The minimum Gasteiger partial charge on any atom is -0.354 e. The number of carbonyl (C=O) groups excluding carboxylic acids is 2. The highest BCUT2D eigenvalue weighted by atomic mass is 35.5. The van der Waals surface area contributed by atoms with E-state index in [9.17, 15) is 22.8 Å². The second-order valence-corrected chi connectivity index (χ2v) is 6.09. The normalized spacial score (nSPS) is 14.8. The van der Waals surface area contributed by atoms with Gasteiger partial charge in [0.1, 0.15) is 6.54 Å². The lowest BCUT2D eigenvalue weighted by Gasteiger charge is -2.07. The van der Waals surface area contributed by atoms with Gasteiger partial charge < -0.3 is 5.32 Å². The molecule has 0 unspecified atom stereocenters. The van der Waals surface area contributed by atoms with Gasteiger partial charge in [0.25, 0.3) is 0 Å². The van der Waals surface area contributed by atoms with Crippen molar-refractivity contribution in [1.82, 2.24) is 15.1 Å². The number of amides is 1. The van der Waals surface area contributed by atoms with Gasteiger partial charge in [-0.3, -0.25) is 14.3 Å². The predicted octanol–water partition coefficient (Wildman–Crippen LogP) is 3.09. The highest BCUT2D eigenvalue weighted by Gasteiger charge is 2.42. The Morgan fingerprint density at radius 1 is 1.35 bits per heavy atom. The molecule has 1 heterocycles. The van der Waals surface area contributed by atoms with Crippen LogP contribution in [-0.4, -0.2) is 27.5 Å². The van der Waals surface area contributed by atoms with Crippen molar-refractivity contribution in [3.05, 3.63) is 16.4 Å². The Balaban J connectivity index is 2.04. The van der Waals surface area contributed by atoms with Crippen LogP contribution in [0, 0.1) is 0 Å². The highest BCUT2D eigenvalue weighted by Crippen LogP contribution is 2.46. The van der Waals surface area contributed by atoms with Crippen molar-refractivity contribution in [3.63, 3.8) is 0 Å². The molecule has 0 radical (unpaired) electrons. The molecule has 1 amide bonds. The zero-order valence-corrected chi connectivity index (χ0v) is 13.4. The molecule has 23 heavy (non-hydrogen) atoms. The highest BCUT2D eigenvalue weighted by molar-refractivity contribution is 6.63. The van der Waals surface area contributed by atoms with E-state index in [-0.39, 0.29) is 31.1 Å². The van der Waals surface area contributed by atoms with Gasteiger partial charge in [-0.1, -0.05) is 11.6 Å². The third kappa shape index (κ3) is 4.84. The minimum atomic E-state index is -4.66. The van der Waals surface area contributed by atoms with Gasteiger partial charge in [-0.2, -0.15) is 18.3 Å². The maximum atomic E-state index is 12.9. The van der Waals surface area contributed by atoms with Crippen molar-refractivity contribution >= 4 is 34.4 Å². The van der Waals surface area contributed by atoms with Gasteiger partial charge in [0, 0.05) is 18.9 Å². The second-order valence-electron chi connectivity index (χ2n) is 5.29. The van der Waals surface area contributed by atoms with E-state index in [1.54, 1.807) is 0 Å². The molecule has 1 saturated carbocycles. The number of aromatic nitrogens is 2. The number of halogens is 5. The Hall–Kier alpha value is -1.28. The van der Waals surface area contributed by atoms with Crippen LogP contribution in [0.15, 0.2) is 0 Å². The largest absolute Gasteiger partial charge is 0.436 e. The molecular weight excluding hydrogens is 358 g/mol. The molecule has 0 spiro atoms. The van der Waals surface area contributed by atoms with Crippen LogP contribution >= 0.6 is 23.2 Å². The zero-order valence-electron chi connectivity index (χ0n) is 11.9. The Kier molecular flexibility index (Phi) is 5.57. The molecule has 1 aliphatic rings. The molecule has 2 rings (SSSR count). The number of rotatable bonds is 7. The molecule has 1 aromatic rings. The Morgan fingerprint density at radius 2 is 2.00 bits per heavy atom. The van der Waals surface area contributed by atoms with Crippen LogP contribution in [0.1, 0.15) is 43.0 Å². The van der Waals surface area contributed by atoms with E-state index in [1.807, 2.05) is 0 Å². The molecule has 1 N–H and O–H groups in total. The van der Waals surface area contributed by atoms with Crippen LogP contribution in [0.3, 0.4) is 0 Å². The second kappa shape index (κ2) is 7.09. The van der Waals surface area contributed by atoms with E-state index in [4.69, 9.17) is 23.2 Å². The fourth-order valence-corrected chi connectivity index (χ4v) is 2.68. The summed E-state index contributed by atoms with van der Waals surface area (Å²) in [5, 5.41) is 5.03. The summed E-state index contributed by atoms with van der Waals surface area (Å²) in [7, 11) is 0. The first-order chi connectivity index (χ1) is 10.7. The minimum absolute atomic E-state index is 0.0900. The maximum Gasteiger partial charge on any atom is 0.436 e. The number of hydrogen-bond donors (Lipinski definition) is 1. The summed E-state index contributed by atoms with van der Waals surface area (Å²) < 4.78 is 39.7. The van der Waals surface area contributed by atoms with Gasteiger partial charge in [0.15, 0.2) is 5.69 Å². The summed E-state index contributed by atoms with van der Waals surface area (Å²) in [5.74, 6) is -0.588. The number of hydrogen-bond acceptors (Lipinski definition) is 3. The van der Waals surface area contributed by atoms with E-state index in [0.717, 1.165) is 17.5 Å². The van der Waals surface area contributed by atoms with Gasteiger partial charge in [0.2, 0.25) is 11.1 Å². The first-order valence-electron chi connectivity index (χ1n) is 6.98. The molecular formula is C13H14Cl2F3N3O2. The van der Waals surface area contributed by atoms with Crippen molar-refractivity contribution in [1.29, 1.82) is 0 Å². The molecule has 0 atom stereocenters. The number of alkyl halides is 3. The van der Waals surface area contributed by atoms with E-state index in [2.05, 4.69) is 10.4 Å². The van der Waals surface area contributed by atoms with Crippen LogP contribution in [0.25, 0.3) is 0 Å². The van der Waals surface area contributed by atoms with Crippen molar-refractivity contribution in [2.45, 2.75) is 44.3 Å². The van der Waals surface area contributed by atoms with Crippen molar-refractivity contribution in [2.75, 3.05) is 6.54 Å². The SMILES string of the molecule is O=C(Cl)CCCNC(=O)Cn1nc(C(F)(F)F)c(Cl)c1C1CC1. The first kappa shape index (κ1) is 18.1. The number of nitrogens with one attached hydrogen (secondary N) is 1. The zero-order chi connectivity index (χ0) is 17.2. The molecule has 1 aromatic heterocycles. The van der Waals surface area contributed by atoms with E-state index in [0.29, 0.717) is 6.42 Å². The Bertz CT molecular complexity index is 612. The summed E-state index contributed by atoms with van der Waals surface area (Å²) in [6, 6.07) is 0. The molecule has 10 heteroatoms. The molecule has 1 aliphatic carbocycles. The Morgan fingerprint density at radius 3 is 2.52 bits per heavy atom. The monoisotopic (exact) mass is 371 g/mol. The van der Waals surface area contributed by atoms with Crippen molar-refractivity contribution in [3.8, 4) is 0 Å². The first-order valence-corrected chi connectivity index (χ1v) is 7.74. The third-order valence-corrected chi connectivity index (χ3v) is 3.89. The van der Waals surface area contributed by atoms with Crippen LogP contribution in [-0.2, 0) is 22.3 Å². The van der Waals surface area contributed by atoms with Crippen LogP contribution < -0.4 is 5.32 Å². The average Bonchev–Trinajstić information content (AvgIpc) is 3.19. The van der Waals surface area contributed by atoms with Crippen molar-refractivity contribution < 1.29 is 22.8 Å². The van der Waals surface area contributed by atoms with E-state index in [1.165, 1.54) is 0 Å². The fraction of sp³-hybridized carbons (Fsp3) is 0.615. The van der Waals surface area contributed by atoms with E-state index >= 15 is 0 Å². The number of nitrogens with zero attached hydrogens (tertiary/aromatic N) is 2. The summed E-state index contributed by atoms with van der Waals surface area (Å²) in [6.45, 7) is -0.145. The molecule has 0 saturated heterocycles. The molecule has 128 valence electrons. The smallest absolute Gasteiger partial charge is 0.354 e. The van der Waals surface area contributed by atoms with Gasteiger partial charge in [-0.15, -0.1) is 0 Å². The van der Waals surface area contributed by atoms with Crippen LogP contribution in [0.2, 0.25) is 5.02 Å². The molecule has 0 aromatic carbocycles. The van der Waals surface area contributed by atoms with Gasteiger partial charge in [-0.25, -0.2) is 0 Å². The average molecular weight is 372 g/mol. The molecule has 5 nitrogen and oxygen atoms in total.